The monoisotopic (exact) mass is 297 g/mol. The summed E-state index contributed by atoms with van der Waals surface area (Å²) in [5.41, 5.74) is 1.51. The quantitative estimate of drug-likeness (QED) is 0.764. The third kappa shape index (κ3) is 5.69. The van der Waals surface area contributed by atoms with Gasteiger partial charge in [-0.25, -0.2) is 4.98 Å². The second kappa shape index (κ2) is 8.68. The van der Waals surface area contributed by atoms with Crippen molar-refractivity contribution in [3.05, 3.63) is 23.4 Å². The molecule has 0 radical (unpaired) electrons. The summed E-state index contributed by atoms with van der Waals surface area (Å²) < 4.78 is 11.0. The van der Waals surface area contributed by atoms with Crippen LogP contribution in [-0.2, 0) is 17.2 Å². The molecule has 0 saturated carbocycles. The number of nitrogens with zero attached hydrogens (tertiary/aromatic N) is 1. The van der Waals surface area contributed by atoms with Crippen molar-refractivity contribution < 1.29 is 9.00 Å². The van der Waals surface area contributed by atoms with E-state index < -0.39 is 10.8 Å². The topological polar surface area (TPSA) is 71.1 Å². The normalized spacial score (nSPS) is 11.9. The van der Waals surface area contributed by atoms with Gasteiger partial charge < -0.3 is 10.6 Å². The number of carbonyl (C=O) groups is 1. The van der Waals surface area contributed by atoms with Crippen LogP contribution in [0.15, 0.2) is 12.1 Å². The van der Waals surface area contributed by atoms with E-state index in [-0.39, 0.29) is 5.91 Å². The predicted molar refractivity (Wildman–Crippen MR) is 83.7 cm³/mol. The summed E-state index contributed by atoms with van der Waals surface area (Å²) in [5.74, 6) is 1.05. The molecule has 0 saturated heterocycles. The molecule has 0 aromatic carbocycles. The molecule has 1 unspecified atom stereocenters. The van der Waals surface area contributed by atoms with E-state index in [4.69, 9.17) is 0 Å². The van der Waals surface area contributed by atoms with Gasteiger partial charge in [0.1, 0.15) is 5.82 Å². The lowest BCUT2D eigenvalue weighted by Gasteiger charge is -2.10. The number of hydrogen-bond acceptors (Lipinski definition) is 4. The molecule has 0 bridgehead atoms. The van der Waals surface area contributed by atoms with Crippen molar-refractivity contribution in [1.82, 2.24) is 10.3 Å². The zero-order valence-electron chi connectivity index (χ0n) is 12.4. The standard InChI is InChI=1S/C14H23N3O2S/c1-4-6-12-9-11(10-13(17-12)15-5-2)14(18)16-7-8-20(3)19/h9-10H,4-8H2,1-3H3,(H,15,17)(H,16,18). The third-order valence-corrected chi connectivity index (χ3v) is 3.46. The second-order valence-electron chi connectivity index (χ2n) is 4.55. The first-order valence-corrected chi connectivity index (χ1v) is 8.62. The number of amides is 1. The van der Waals surface area contributed by atoms with Gasteiger partial charge >= 0.3 is 0 Å². The van der Waals surface area contributed by atoms with E-state index in [1.165, 1.54) is 0 Å². The molecule has 1 rings (SSSR count). The first kappa shape index (κ1) is 16.6. The summed E-state index contributed by atoms with van der Waals surface area (Å²) >= 11 is 0. The fourth-order valence-corrected chi connectivity index (χ4v) is 2.17. The molecule has 0 aliphatic rings. The molecule has 1 heterocycles. The van der Waals surface area contributed by atoms with Crippen LogP contribution in [0.5, 0.6) is 0 Å². The lowest BCUT2D eigenvalue weighted by molar-refractivity contribution is 0.0956. The predicted octanol–water partition coefficient (Wildman–Crippen LogP) is 1.57. The van der Waals surface area contributed by atoms with Crippen LogP contribution in [-0.4, -0.2) is 40.2 Å². The Bertz CT molecular complexity index is 453. The Hall–Kier alpha value is -1.43. The van der Waals surface area contributed by atoms with Crippen LogP contribution < -0.4 is 10.6 Å². The zero-order chi connectivity index (χ0) is 15.0. The average molecular weight is 297 g/mol. The highest BCUT2D eigenvalue weighted by Gasteiger charge is 2.09. The number of aryl methyl sites for hydroxylation is 1. The summed E-state index contributed by atoms with van der Waals surface area (Å²) in [5, 5.41) is 5.92. The van der Waals surface area contributed by atoms with E-state index in [1.54, 1.807) is 12.3 Å². The van der Waals surface area contributed by atoms with Gasteiger partial charge in [0, 0.05) is 47.2 Å². The summed E-state index contributed by atoms with van der Waals surface area (Å²) in [6, 6.07) is 3.57. The van der Waals surface area contributed by atoms with Gasteiger partial charge in [-0.3, -0.25) is 9.00 Å². The molecule has 1 aromatic rings. The third-order valence-electron chi connectivity index (χ3n) is 2.68. The minimum atomic E-state index is -0.893. The average Bonchev–Trinajstić information content (AvgIpc) is 2.38. The van der Waals surface area contributed by atoms with Crippen LogP contribution in [0.4, 0.5) is 5.82 Å². The molecule has 2 N–H and O–H groups in total. The number of aromatic nitrogens is 1. The molecular formula is C14H23N3O2S. The Labute approximate surface area is 123 Å². The van der Waals surface area contributed by atoms with Gasteiger partial charge in [-0.1, -0.05) is 13.3 Å². The van der Waals surface area contributed by atoms with Gasteiger partial charge in [0.05, 0.1) is 0 Å². The maximum atomic E-state index is 12.1. The van der Waals surface area contributed by atoms with Gasteiger partial charge in [-0.05, 0) is 25.5 Å². The maximum absolute atomic E-state index is 12.1. The molecular weight excluding hydrogens is 274 g/mol. The van der Waals surface area contributed by atoms with Crippen LogP contribution >= 0.6 is 0 Å². The molecule has 20 heavy (non-hydrogen) atoms. The van der Waals surface area contributed by atoms with E-state index in [0.29, 0.717) is 17.9 Å². The van der Waals surface area contributed by atoms with Gasteiger partial charge in [0.15, 0.2) is 0 Å². The highest BCUT2D eigenvalue weighted by molar-refractivity contribution is 7.84. The Balaban J connectivity index is 2.80. The van der Waals surface area contributed by atoms with Crippen molar-refractivity contribution in [1.29, 1.82) is 0 Å². The van der Waals surface area contributed by atoms with E-state index in [0.717, 1.165) is 30.9 Å². The molecule has 1 amide bonds. The van der Waals surface area contributed by atoms with Gasteiger partial charge in [0.2, 0.25) is 0 Å². The molecule has 0 fully saturated rings. The minimum Gasteiger partial charge on any atom is -0.370 e. The molecule has 1 aromatic heterocycles. The largest absolute Gasteiger partial charge is 0.370 e. The Morgan fingerprint density at radius 3 is 2.70 bits per heavy atom. The van der Waals surface area contributed by atoms with Crippen molar-refractivity contribution in [2.75, 3.05) is 30.4 Å². The van der Waals surface area contributed by atoms with Gasteiger partial charge in [0.25, 0.3) is 5.91 Å². The first-order valence-electron chi connectivity index (χ1n) is 6.89. The lowest BCUT2D eigenvalue weighted by atomic mass is 10.1. The SMILES string of the molecule is CCCc1cc(C(=O)NCCS(C)=O)cc(NCC)n1. The molecule has 5 nitrogen and oxygen atoms in total. The fourth-order valence-electron chi connectivity index (χ4n) is 1.79. The number of anilines is 1. The minimum absolute atomic E-state index is 0.144. The first-order chi connectivity index (χ1) is 9.56. The summed E-state index contributed by atoms with van der Waals surface area (Å²) in [6.45, 7) is 5.25. The summed E-state index contributed by atoms with van der Waals surface area (Å²) in [7, 11) is -0.893. The molecule has 112 valence electrons. The van der Waals surface area contributed by atoms with Crippen molar-refractivity contribution in [2.45, 2.75) is 26.7 Å². The number of rotatable bonds is 8. The van der Waals surface area contributed by atoms with Crippen molar-refractivity contribution in [3.8, 4) is 0 Å². The summed E-state index contributed by atoms with van der Waals surface area (Å²) in [6.07, 6.45) is 3.46. The highest BCUT2D eigenvalue weighted by Crippen LogP contribution is 2.12. The number of pyridine rings is 1. The molecule has 0 aliphatic heterocycles. The smallest absolute Gasteiger partial charge is 0.251 e. The van der Waals surface area contributed by atoms with E-state index in [9.17, 15) is 9.00 Å². The molecule has 0 spiro atoms. The Morgan fingerprint density at radius 2 is 2.10 bits per heavy atom. The van der Waals surface area contributed by atoms with Crippen LogP contribution in [0.2, 0.25) is 0 Å². The molecule has 0 aliphatic carbocycles. The lowest BCUT2D eigenvalue weighted by Crippen LogP contribution is -2.27. The number of carbonyl (C=O) groups excluding carboxylic acids is 1. The highest BCUT2D eigenvalue weighted by atomic mass is 32.2. The van der Waals surface area contributed by atoms with Gasteiger partial charge in [-0.2, -0.15) is 0 Å². The number of nitrogens with one attached hydrogen (secondary N) is 2. The van der Waals surface area contributed by atoms with Crippen molar-refractivity contribution in [2.24, 2.45) is 0 Å². The van der Waals surface area contributed by atoms with Crippen LogP contribution in [0.1, 0.15) is 36.3 Å². The van der Waals surface area contributed by atoms with Crippen molar-refractivity contribution in [3.63, 3.8) is 0 Å². The van der Waals surface area contributed by atoms with Crippen LogP contribution in [0.3, 0.4) is 0 Å². The fraction of sp³-hybridized carbons (Fsp3) is 0.571. The zero-order valence-corrected chi connectivity index (χ0v) is 13.2. The molecule has 1 atom stereocenters. The van der Waals surface area contributed by atoms with E-state index >= 15 is 0 Å². The van der Waals surface area contributed by atoms with Crippen molar-refractivity contribution >= 4 is 22.5 Å². The van der Waals surface area contributed by atoms with Gasteiger partial charge in [-0.15, -0.1) is 0 Å². The maximum Gasteiger partial charge on any atom is 0.251 e. The van der Waals surface area contributed by atoms with E-state index in [1.807, 2.05) is 13.0 Å². The Kier molecular flexibility index (Phi) is 7.22. The van der Waals surface area contributed by atoms with Crippen LogP contribution in [0, 0.1) is 0 Å². The molecule has 6 heteroatoms. The Morgan fingerprint density at radius 1 is 1.35 bits per heavy atom. The number of hydrogen-bond donors (Lipinski definition) is 2. The van der Waals surface area contributed by atoms with Crippen LogP contribution in [0.25, 0.3) is 0 Å². The second-order valence-corrected chi connectivity index (χ2v) is 6.10. The van der Waals surface area contributed by atoms with E-state index in [2.05, 4.69) is 22.5 Å². The summed E-state index contributed by atoms with van der Waals surface area (Å²) in [4.78, 5) is 16.5.